The molecule has 3 rings (SSSR count). The summed E-state index contributed by atoms with van der Waals surface area (Å²) in [5.41, 5.74) is 2.42. The van der Waals surface area contributed by atoms with Crippen molar-refractivity contribution in [3.63, 3.8) is 0 Å². The highest BCUT2D eigenvalue weighted by Crippen LogP contribution is 2.21. The smallest absolute Gasteiger partial charge is 0.273 e. The van der Waals surface area contributed by atoms with Crippen molar-refractivity contribution in [2.45, 2.75) is 20.0 Å². The molecule has 0 fully saturated rings. The maximum atomic E-state index is 12.2. The number of aromatic nitrogens is 1. The van der Waals surface area contributed by atoms with Crippen LogP contribution in [-0.2, 0) is 17.8 Å². The fourth-order valence-corrected chi connectivity index (χ4v) is 3.16. The number of hydrogen-bond donors (Lipinski definition) is 1. The van der Waals surface area contributed by atoms with Gasteiger partial charge in [-0.05, 0) is 24.6 Å². The first kappa shape index (κ1) is 18.5. The summed E-state index contributed by atoms with van der Waals surface area (Å²) < 4.78 is 5.55. The number of nitrogens with one attached hydrogen (secondary N) is 1. The van der Waals surface area contributed by atoms with Gasteiger partial charge in [0.05, 0.1) is 23.1 Å². The number of aryl methyl sites for hydroxylation is 1. The van der Waals surface area contributed by atoms with Crippen molar-refractivity contribution in [1.82, 2.24) is 4.98 Å². The normalized spacial score (nSPS) is 10.4. The van der Waals surface area contributed by atoms with E-state index in [1.54, 1.807) is 12.1 Å². The van der Waals surface area contributed by atoms with E-state index < -0.39 is 4.92 Å². The number of ether oxygens (including phenoxy) is 1. The molecule has 138 valence electrons. The number of carbonyl (C=O) groups is 1. The lowest BCUT2D eigenvalue weighted by atomic mass is 10.2. The molecule has 0 spiro atoms. The van der Waals surface area contributed by atoms with Crippen molar-refractivity contribution < 1.29 is 14.5 Å². The van der Waals surface area contributed by atoms with Gasteiger partial charge < -0.3 is 10.1 Å². The van der Waals surface area contributed by atoms with Crippen molar-refractivity contribution in [3.8, 4) is 5.75 Å². The summed E-state index contributed by atoms with van der Waals surface area (Å²) in [6.07, 6.45) is 0.176. The Balaban J connectivity index is 1.55. The second-order valence-electron chi connectivity index (χ2n) is 5.82. The summed E-state index contributed by atoms with van der Waals surface area (Å²) in [5, 5.41) is 16.2. The predicted octanol–water partition coefficient (Wildman–Crippen LogP) is 4.12. The van der Waals surface area contributed by atoms with Gasteiger partial charge in [0.15, 0.2) is 0 Å². The maximum Gasteiger partial charge on any atom is 0.273 e. The third-order valence-corrected chi connectivity index (χ3v) is 4.64. The molecule has 0 bridgehead atoms. The van der Waals surface area contributed by atoms with E-state index in [4.69, 9.17) is 4.74 Å². The summed E-state index contributed by atoms with van der Waals surface area (Å²) in [6.45, 7) is 2.11. The Hall–Kier alpha value is -3.26. The third-order valence-electron chi connectivity index (χ3n) is 3.75. The molecule has 8 heteroatoms. The molecule has 0 aliphatic rings. The van der Waals surface area contributed by atoms with Crippen LogP contribution in [0.3, 0.4) is 0 Å². The molecule has 1 heterocycles. The zero-order valence-electron chi connectivity index (χ0n) is 14.5. The van der Waals surface area contributed by atoms with Gasteiger partial charge in [0.1, 0.15) is 17.4 Å². The molecule has 0 aliphatic heterocycles. The van der Waals surface area contributed by atoms with E-state index in [1.165, 1.54) is 23.5 Å². The molecule has 1 amide bonds. The van der Waals surface area contributed by atoms with E-state index in [-0.39, 0.29) is 24.6 Å². The van der Waals surface area contributed by atoms with Crippen LogP contribution in [0.25, 0.3) is 0 Å². The van der Waals surface area contributed by atoms with Gasteiger partial charge in [0.25, 0.3) is 5.69 Å². The molecule has 0 unspecified atom stereocenters. The first-order valence-corrected chi connectivity index (χ1v) is 9.05. The molecule has 1 aromatic heterocycles. The third kappa shape index (κ3) is 5.11. The van der Waals surface area contributed by atoms with Crippen LogP contribution in [0.2, 0.25) is 0 Å². The van der Waals surface area contributed by atoms with Crippen LogP contribution in [0.4, 0.5) is 11.4 Å². The molecule has 0 radical (unpaired) electrons. The summed E-state index contributed by atoms with van der Waals surface area (Å²) in [6, 6.07) is 13.6. The zero-order chi connectivity index (χ0) is 19.2. The SMILES string of the molecule is Cc1ccccc1NC(=O)Cc1nc(COc2cccc([N+](=O)[O-])c2)cs1. The van der Waals surface area contributed by atoms with Gasteiger partial charge in [0.2, 0.25) is 5.91 Å². The van der Waals surface area contributed by atoms with E-state index >= 15 is 0 Å². The zero-order valence-corrected chi connectivity index (χ0v) is 15.4. The van der Waals surface area contributed by atoms with Gasteiger partial charge in [-0.15, -0.1) is 11.3 Å². The number of carbonyl (C=O) groups excluding carboxylic acids is 1. The van der Waals surface area contributed by atoms with Gasteiger partial charge in [-0.25, -0.2) is 4.98 Å². The minimum atomic E-state index is -0.471. The van der Waals surface area contributed by atoms with Crippen molar-refractivity contribution in [2.75, 3.05) is 5.32 Å². The highest BCUT2D eigenvalue weighted by Gasteiger charge is 2.11. The Labute approximate surface area is 159 Å². The standard InChI is InChI=1S/C19H17N3O4S/c1-13-5-2-3-8-17(13)21-18(23)10-19-20-14(12-27-19)11-26-16-7-4-6-15(9-16)22(24)25/h2-9,12H,10-11H2,1H3,(H,21,23). The number of para-hydroxylation sites is 1. The fraction of sp³-hybridized carbons (Fsp3) is 0.158. The van der Waals surface area contributed by atoms with Crippen LogP contribution in [-0.4, -0.2) is 15.8 Å². The van der Waals surface area contributed by atoms with E-state index in [1.807, 2.05) is 36.6 Å². The molecule has 27 heavy (non-hydrogen) atoms. The summed E-state index contributed by atoms with van der Waals surface area (Å²) in [7, 11) is 0. The minimum Gasteiger partial charge on any atom is -0.487 e. The molecule has 1 N–H and O–H groups in total. The van der Waals surface area contributed by atoms with E-state index in [9.17, 15) is 14.9 Å². The molecule has 0 atom stereocenters. The van der Waals surface area contributed by atoms with Gasteiger partial charge >= 0.3 is 0 Å². The van der Waals surface area contributed by atoms with Gasteiger partial charge in [0, 0.05) is 17.1 Å². The van der Waals surface area contributed by atoms with E-state index in [0.717, 1.165) is 11.3 Å². The molecule has 7 nitrogen and oxygen atoms in total. The Kier molecular flexibility index (Phi) is 5.77. The quantitative estimate of drug-likeness (QED) is 0.489. The number of rotatable bonds is 7. The number of amides is 1. The minimum absolute atomic E-state index is 0.0284. The average Bonchev–Trinajstić information content (AvgIpc) is 3.09. The lowest BCUT2D eigenvalue weighted by molar-refractivity contribution is -0.384. The maximum absolute atomic E-state index is 12.2. The summed E-state index contributed by atoms with van der Waals surface area (Å²) in [4.78, 5) is 26.9. The number of non-ortho nitro benzene ring substituents is 1. The molecule has 0 saturated carbocycles. The van der Waals surface area contributed by atoms with Crippen LogP contribution in [0, 0.1) is 17.0 Å². The van der Waals surface area contributed by atoms with Crippen LogP contribution >= 0.6 is 11.3 Å². The Morgan fingerprint density at radius 2 is 2.07 bits per heavy atom. The first-order chi connectivity index (χ1) is 13.0. The second kappa shape index (κ2) is 8.41. The molecule has 0 aliphatic carbocycles. The van der Waals surface area contributed by atoms with Crippen LogP contribution in [0.5, 0.6) is 5.75 Å². The van der Waals surface area contributed by atoms with Crippen molar-refractivity contribution >= 4 is 28.6 Å². The Bertz CT molecular complexity index is 971. The monoisotopic (exact) mass is 383 g/mol. The Morgan fingerprint density at radius 3 is 2.85 bits per heavy atom. The number of anilines is 1. The lowest BCUT2D eigenvalue weighted by Crippen LogP contribution is -2.15. The van der Waals surface area contributed by atoms with E-state index in [2.05, 4.69) is 10.3 Å². The van der Waals surface area contributed by atoms with Crippen molar-refractivity contribution in [3.05, 3.63) is 80.3 Å². The summed E-state index contributed by atoms with van der Waals surface area (Å²) in [5.74, 6) is 0.265. The second-order valence-corrected chi connectivity index (χ2v) is 6.76. The summed E-state index contributed by atoms with van der Waals surface area (Å²) >= 11 is 1.38. The molecular weight excluding hydrogens is 366 g/mol. The highest BCUT2D eigenvalue weighted by molar-refractivity contribution is 7.09. The molecule has 0 saturated heterocycles. The van der Waals surface area contributed by atoms with Gasteiger partial charge in [-0.1, -0.05) is 24.3 Å². The molecule has 3 aromatic rings. The van der Waals surface area contributed by atoms with Crippen LogP contribution < -0.4 is 10.1 Å². The topological polar surface area (TPSA) is 94.4 Å². The van der Waals surface area contributed by atoms with Crippen LogP contribution in [0.15, 0.2) is 53.9 Å². The number of nitrogens with zero attached hydrogens (tertiary/aromatic N) is 2. The highest BCUT2D eigenvalue weighted by atomic mass is 32.1. The molecular formula is C19H17N3O4S. The van der Waals surface area contributed by atoms with Crippen LogP contribution in [0.1, 0.15) is 16.3 Å². The van der Waals surface area contributed by atoms with Gasteiger partial charge in [-0.3, -0.25) is 14.9 Å². The van der Waals surface area contributed by atoms with E-state index in [0.29, 0.717) is 16.5 Å². The molecule has 2 aromatic carbocycles. The predicted molar refractivity (Wildman–Crippen MR) is 103 cm³/mol. The number of nitro groups is 1. The average molecular weight is 383 g/mol. The van der Waals surface area contributed by atoms with Crippen molar-refractivity contribution in [1.29, 1.82) is 0 Å². The Morgan fingerprint density at radius 1 is 1.26 bits per heavy atom. The largest absolute Gasteiger partial charge is 0.487 e. The van der Waals surface area contributed by atoms with Crippen molar-refractivity contribution in [2.24, 2.45) is 0 Å². The fourth-order valence-electron chi connectivity index (χ4n) is 2.39. The first-order valence-electron chi connectivity index (χ1n) is 8.17. The number of thiazole rings is 1. The van der Waals surface area contributed by atoms with Gasteiger partial charge in [-0.2, -0.15) is 0 Å². The lowest BCUT2D eigenvalue weighted by Gasteiger charge is -2.06. The number of nitro benzene ring substituents is 1. The number of hydrogen-bond acceptors (Lipinski definition) is 6. The number of benzene rings is 2.